The van der Waals surface area contributed by atoms with Crippen LogP contribution in [0.4, 0.5) is 0 Å². The number of aliphatic carboxylic acids is 1. The van der Waals surface area contributed by atoms with Crippen LogP contribution in [0.15, 0.2) is 11.8 Å². The molecule has 0 fully saturated rings. The van der Waals surface area contributed by atoms with E-state index in [4.69, 9.17) is 14.9 Å². The van der Waals surface area contributed by atoms with Gasteiger partial charge in [0.05, 0.1) is 25.0 Å². The molecule has 0 aliphatic rings. The lowest BCUT2D eigenvalue weighted by Gasteiger charge is -2.20. The molecule has 4 heteroatoms. The van der Waals surface area contributed by atoms with E-state index in [9.17, 15) is 4.79 Å². The molecule has 2 N–H and O–H groups in total. The molecule has 0 rings (SSSR count). The third kappa shape index (κ3) is 5.25. The maximum Gasteiger partial charge on any atom is 0.334 e. The molecule has 0 aromatic heterocycles. The van der Waals surface area contributed by atoms with Crippen molar-refractivity contribution in [2.45, 2.75) is 20.8 Å². The molecule has 0 heterocycles. The largest absolute Gasteiger partial charge is 0.500 e. The summed E-state index contributed by atoms with van der Waals surface area (Å²) in [5.74, 6) is -0.998. The Bertz CT molecular complexity index is 206. The fourth-order valence-electron chi connectivity index (χ4n) is 0.488. The number of carbonyl (C=O) groups is 1. The van der Waals surface area contributed by atoms with Crippen LogP contribution in [-0.4, -0.2) is 29.4 Å². The van der Waals surface area contributed by atoms with E-state index in [2.05, 4.69) is 0 Å². The molecule has 0 aliphatic heterocycles. The highest BCUT2D eigenvalue weighted by atomic mass is 16.5. The minimum Gasteiger partial charge on any atom is -0.500 e. The van der Waals surface area contributed by atoms with Crippen molar-refractivity contribution in [2.75, 3.05) is 13.2 Å². The maximum atomic E-state index is 10.3. The summed E-state index contributed by atoms with van der Waals surface area (Å²) in [6, 6.07) is 0. The first-order valence-corrected chi connectivity index (χ1v) is 4.01. The van der Waals surface area contributed by atoms with Crippen LogP contribution in [0.3, 0.4) is 0 Å². The van der Waals surface area contributed by atoms with Crippen LogP contribution < -0.4 is 0 Å². The third-order valence-electron chi connectivity index (χ3n) is 1.50. The standard InChI is InChI=1S/C9H16O4/c1-7(8(11)12)4-13-6-9(2,3)5-10/h4,10H,5-6H2,1-3H3,(H,11,12). The van der Waals surface area contributed by atoms with E-state index in [0.29, 0.717) is 6.61 Å². The molecule has 0 atom stereocenters. The average molecular weight is 188 g/mol. The fraction of sp³-hybridized carbons (Fsp3) is 0.667. The van der Waals surface area contributed by atoms with Gasteiger partial charge in [-0.05, 0) is 6.92 Å². The highest BCUT2D eigenvalue weighted by molar-refractivity contribution is 5.85. The second-order valence-electron chi connectivity index (χ2n) is 3.74. The van der Waals surface area contributed by atoms with E-state index < -0.39 is 5.97 Å². The van der Waals surface area contributed by atoms with Gasteiger partial charge in [-0.2, -0.15) is 0 Å². The summed E-state index contributed by atoms with van der Waals surface area (Å²) in [6.07, 6.45) is 1.19. The molecule has 0 bridgehead atoms. The number of ether oxygens (including phenoxy) is 1. The lowest BCUT2D eigenvalue weighted by atomic mass is 9.97. The van der Waals surface area contributed by atoms with E-state index in [1.165, 1.54) is 13.2 Å². The normalized spacial score (nSPS) is 12.8. The number of hydrogen-bond acceptors (Lipinski definition) is 3. The van der Waals surface area contributed by atoms with Crippen molar-refractivity contribution in [1.82, 2.24) is 0 Å². The molecule has 0 spiro atoms. The molecule has 0 unspecified atom stereocenters. The van der Waals surface area contributed by atoms with Crippen LogP contribution in [-0.2, 0) is 9.53 Å². The number of carboxylic acids is 1. The van der Waals surface area contributed by atoms with Crippen molar-refractivity contribution >= 4 is 5.97 Å². The second kappa shape index (κ2) is 4.87. The molecule has 13 heavy (non-hydrogen) atoms. The van der Waals surface area contributed by atoms with Gasteiger partial charge in [0.25, 0.3) is 0 Å². The Balaban J connectivity index is 3.92. The Morgan fingerprint density at radius 1 is 1.54 bits per heavy atom. The van der Waals surface area contributed by atoms with Crippen LogP contribution in [0.2, 0.25) is 0 Å². The number of aliphatic hydroxyl groups is 1. The van der Waals surface area contributed by atoms with Gasteiger partial charge >= 0.3 is 5.97 Å². The zero-order chi connectivity index (χ0) is 10.5. The summed E-state index contributed by atoms with van der Waals surface area (Å²) >= 11 is 0. The first-order valence-electron chi connectivity index (χ1n) is 4.01. The first kappa shape index (κ1) is 12.0. The molecule has 0 aliphatic carbocycles. The lowest BCUT2D eigenvalue weighted by Crippen LogP contribution is -2.22. The van der Waals surface area contributed by atoms with E-state index >= 15 is 0 Å². The van der Waals surface area contributed by atoms with Crippen molar-refractivity contribution < 1.29 is 19.7 Å². The van der Waals surface area contributed by atoms with E-state index in [1.807, 2.05) is 13.8 Å². The summed E-state index contributed by atoms with van der Waals surface area (Å²) in [6.45, 7) is 5.42. The van der Waals surface area contributed by atoms with Crippen LogP contribution in [0.1, 0.15) is 20.8 Å². The smallest absolute Gasteiger partial charge is 0.334 e. The van der Waals surface area contributed by atoms with Gasteiger partial charge in [0, 0.05) is 5.41 Å². The van der Waals surface area contributed by atoms with Crippen LogP contribution in [0.5, 0.6) is 0 Å². The average Bonchev–Trinajstić information content (AvgIpc) is 2.04. The summed E-state index contributed by atoms with van der Waals surface area (Å²) in [7, 11) is 0. The van der Waals surface area contributed by atoms with E-state index in [-0.39, 0.29) is 17.6 Å². The minimum absolute atomic E-state index is 0.00690. The molecule has 0 radical (unpaired) electrons. The monoisotopic (exact) mass is 188 g/mol. The minimum atomic E-state index is -0.998. The summed E-state index contributed by atoms with van der Waals surface area (Å²) in [5.41, 5.74) is -0.191. The molecule has 0 aromatic carbocycles. The van der Waals surface area contributed by atoms with E-state index in [0.717, 1.165) is 0 Å². The summed E-state index contributed by atoms with van der Waals surface area (Å²) in [5, 5.41) is 17.3. The topological polar surface area (TPSA) is 66.8 Å². The Morgan fingerprint density at radius 2 is 2.08 bits per heavy atom. The Morgan fingerprint density at radius 3 is 2.46 bits per heavy atom. The van der Waals surface area contributed by atoms with E-state index in [1.54, 1.807) is 0 Å². The Kier molecular flexibility index (Phi) is 4.48. The third-order valence-corrected chi connectivity index (χ3v) is 1.50. The predicted molar refractivity (Wildman–Crippen MR) is 48.2 cm³/mol. The molecule has 0 saturated carbocycles. The molecule has 0 saturated heterocycles. The zero-order valence-corrected chi connectivity index (χ0v) is 8.20. The van der Waals surface area contributed by atoms with Crippen LogP contribution >= 0.6 is 0 Å². The Hall–Kier alpha value is -1.03. The number of aliphatic hydroxyl groups excluding tert-OH is 1. The van der Waals surface area contributed by atoms with Gasteiger partial charge in [-0.3, -0.25) is 0 Å². The first-order chi connectivity index (χ1) is 5.89. The molecule has 0 amide bonds. The van der Waals surface area contributed by atoms with Gasteiger partial charge in [-0.1, -0.05) is 13.8 Å². The molecule has 0 aromatic rings. The molecule has 4 nitrogen and oxygen atoms in total. The second-order valence-corrected chi connectivity index (χ2v) is 3.74. The van der Waals surface area contributed by atoms with Gasteiger partial charge in [0.1, 0.15) is 0 Å². The highest BCUT2D eigenvalue weighted by Crippen LogP contribution is 2.13. The van der Waals surface area contributed by atoms with Gasteiger partial charge in [-0.15, -0.1) is 0 Å². The maximum absolute atomic E-state index is 10.3. The van der Waals surface area contributed by atoms with Crippen molar-refractivity contribution in [2.24, 2.45) is 5.41 Å². The predicted octanol–water partition coefficient (Wildman–Crippen LogP) is 1.01. The number of rotatable bonds is 5. The van der Waals surface area contributed by atoms with Gasteiger partial charge in [-0.25, -0.2) is 4.79 Å². The van der Waals surface area contributed by atoms with Gasteiger partial charge in [0.2, 0.25) is 0 Å². The highest BCUT2D eigenvalue weighted by Gasteiger charge is 2.16. The molecule has 76 valence electrons. The van der Waals surface area contributed by atoms with Gasteiger partial charge in [0.15, 0.2) is 0 Å². The summed E-state index contributed by atoms with van der Waals surface area (Å²) in [4.78, 5) is 10.3. The SMILES string of the molecule is CC(=COCC(C)(C)CO)C(=O)O. The molecular formula is C9H16O4. The quantitative estimate of drug-likeness (QED) is 0.499. The Labute approximate surface area is 77.8 Å². The number of carboxylic acid groups (broad SMARTS) is 1. The fourth-order valence-corrected chi connectivity index (χ4v) is 0.488. The summed E-state index contributed by atoms with van der Waals surface area (Å²) < 4.78 is 5.01. The van der Waals surface area contributed by atoms with Crippen molar-refractivity contribution in [1.29, 1.82) is 0 Å². The lowest BCUT2D eigenvalue weighted by molar-refractivity contribution is -0.132. The zero-order valence-electron chi connectivity index (χ0n) is 8.20. The van der Waals surface area contributed by atoms with Gasteiger partial charge < -0.3 is 14.9 Å². The van der Waals surface area contributed by atoms with Crippen molar-refractivity contribution in [3.8, 4) is 0 Å². The number of hydrogen-bond donors (Lipinski definition) is 2. The van der Waals surface area contributed by atoms with Crippen molar-refractivity contribution in [3.63, 3.8) is 0 Å². The van der Waals surface area contributed by atoms with Crippen molar-refractivity contribution in [3.05, 3.63) is 11.8 Å². The van der Waals surface area contributed by atoms with Crippen LogP contribution in [0.25, 0.3) is 0 Å². The molecular weight excluding hydrogens is 172 g/mol. The van der Waals surface area contributed by atoms with Crippen LogP contribution in [0, 0.1) is 5.41 Å².